The van der Waals surface area contributed by atoms with Crippen LogP contribution in [-0.2, 0) is 17.6 Å². The Hall–Kier alpha value is -3.47. The second-order valence-electron chi connectivity index (χ2n) is 7.69. The van der Waals surface area contributed by atoms with E-state index in [4.69, 9.17) is 0 Å². The topological polar surface area (TPSA) is 66.9 Å². The van der Waals surface area contributed by atoms with Crippen molar-refractivity contribution in [3.63, 3.8) is 0 Å². The van der Waals surface area contributed by atoms with Gasteiger partial charge in [-0.2, -0.15) is 4.98 Å². The van der Waals surface area contributed by atoms with Crippen molar-refractivity contribution in [3.8, 4) is 0 Å². The molecule has 0 spiro atoms. The summed E-state index contributed by atoms with van der Waals surface area (Å²) in [4.78, 5) is 20.5. The summed E-state index contributed by atoms with van der Waals surface area (Å²) in [5.74, 6) is 1.54. The van der Waals surface area contributed by atoms with Gasteiger partial charge in [-0.25, -0.2) is 4.98 Å². The molecule has 0 unspecified atom stereocenters. The third-order valence-electron chi connectivity index (χ3n) is 5.22. The molecule has 30 heavy (non-hydrogen) atoms. The predicted octanol–water partition coefficient (Wildman–Crippen LogP) is 5.83. The average Bonchev–Trinajstić information content (AvgIpc) is 3.12. The van der Waals surface area contributed by atoms with Gasteiger partial charge in [-0.05, 0) is 66.8 Å². The summed E-state index contributed by atoms with van der Waals surface area (Å²) in [7, 11) is 0. The number of rotatable bonds is 8. The van der Waals surface area contributed by atoms with Crippen molar-refractivity contribution in [2.45, 2.75) is 39.5 Å². The van der Waals surface area contributed by atoms with Crippen molar-refractivity contribution in [1.82, 2.24) is 9.97 Å². The summed E-state index contributed by atoms with van der Waals surface area (Å²) in [6, 6.07) is 16.3. The number of anilines is 4. The van der Waals surface area contributed by atoms with Gasteiger partial charge < -0.3 is 10.6 Å². The molecule has 0 bridgehead atoms. The van der Waals surface area contributed by atoms with E-state index in [1.165, 1.54) is 16.7 Å². The van der Waals surface area contributed by atoms with Crippen LogP contribution in [-0.4, -0.2) is 15.8 Å². The van der Waals surface area contributed by atoms with Crippen molar-refractivity contribution in [2.24, 2.45) is 0 Å². The molecule has 0 aliphatic heterocycles. The van der Waals surface area contributed by atoms with Gasteiger partial charge in [-0.1, -0.05) is 36.8 Å². The SMILES string of the molecule is CCC(=O)CCc1cccc(Nc2nccc(Nc3ccc4c(c3)C=C(C)C4)n2)c1. The van der Waals surface area contributed by atoms with Crippen LogP contribution in [0.15, 0.2) is 60.3 Å². The first-order chi connectivity index (χ1) is 14.6. The van der Waals surface area contributed by atoms with Gasteiger partial charge >= 0.3 is 0 Å². The van der Waals surface area contributed by atoms with Crippen LogP contribution in [0.2, 0.25) is 0 Å². The first kappa shape index (κ1) is 19.8. The first-order valence-electron chi connectivity index (χ1n) is 10.4. The summed E-state index contributed by atoms with van der Waals surface area (Å²) in [6.07, 6.45) is 6.91. The highest BCUT2D eigenvalue weighted by atomic mass is 16.1. The smallest absolute Gasteiger partial charge is 0.229 e. The number of benzene rings is 2. The lowest BCUT2D eigenvalue weighted by molar-refractivity contribution is -0.118. The minimum Gasteiger partial charge on any atom is -0.340 e. The Bertz CT molecular complexity index is 1100. The molecule has 2 N–H and O–H groups in total. The molecule has 1 aliphatic rings. The van der Waals surface area contributed by atoms with Gasteiger partial charge in [0.05, 0.1) is 0 Å². The molecule has 5 nitrogen and oxygen atoms in total. The number of nitrogens with zero attached hydrogens (tertiary/aromatic N) is 2. The van der Waals surface area contributed by atoms with Crippen LogP contribution >= 0.6 is 0 Å². The van der Waals surface area contributed by atoms with Crippen molar-refractivity contribution in [2.75, 3.05) is 10.6 Å². The van der Waals surface area contributed by atoms with Crippen LogP contribution in [0.1, 0.15) is 43.4 Å². The predicted molar refractivity (Wildman–Crippen MR) is 122 cm³/mol. The maximum absolute atomic E-state index is 11.6. The normalized spacial score (nSPS) is 12.3. The van der Waals surface area contributed by atoms with Crippen molar-refractivity contribution < 1.29 is 4.79 Å². The Morgan fingerprint density at radius 2 is 1.93 bits per heavy atom. The van der Waals surface area contributed by atoms with Crippen LogP contribution in [0.3, 0.4) is 0 Å². The first-order valence-corrected chi connectivity index (χ1v) is 10.4. The minimum atomic E-state index is 0.285. The number of Topliss-reactive ketones (excluding diaryl/α,β-unsaturated/α-hetero) is 1. The highest BCUT2D eigenvalue weighted by Gasteiger charge is 2.10. The maximum atomic E-state index is 11.6. The summed E-state index contributed by atoms with van der Waals surface area (Å²) in [5, 5.41) is 6.63. The number of ketones is 1. The van der Waals surface area contributed by atoms with Gasteiger partial charge in [0.25, 0.3) is 0 Å². The molecule has 0 saturated carbocycles. The number of nitrogens with one attached hydrogen (secondary N) is 2. The summed E-state index contributed by atoms with van der Waals surface area (Å²) < 4.78 is 0. The second kappa shape index (κ2) is 8.91. The number of allylic oxidation sites excluding steroid dienone is 1. The Labute approximate surface area is 177 Å². The number of hydrogen-bond acceptors (Lipinski definition) is 5. The molecule has 0 radical (unpaired) electrons. The molecule has 0 saturated heterocycles. The molecular weight excluding hydrogens is 372 g/mol. The fourth-order valence-corrected chi connectivity index (χ4v) is 3.62. The zero-order valence-corrected chi connectivity index (χ0v) is 17.4. The standard InChI is InChI=1S/C25H26N4O/c1-3-23(30)10-7-18-5-4-6-21(15-18)28-25-26-12-11-24(29-25)27-22-9-8-19-13-17(2)14-20(19)16-22/h4-6,8-9,11-12,14-16H,3,7,10,13H2,1-2H3,(H2,26,27,28,29). The van der Waals surface area contributed by atoms with E-state index in [2.05, 4.69) is 51.8 Å². The summed E-state index contributed by atoms with van der Waals surface area (Å²) in [5.41, 5.74) is 7.06. The largest absolute Gasteiger partial charge is 0.340 e. The monoisotopic (exact) mass is 398 g/mol. The Morgan fingerprint density at radius 1 is 1.07 bits per heavy atom. The average molecular weight is 399 g/mol. The van der Waals surface area contributed by atoms with E-state index >= 15 is 0 Å². The quantitative estimate of drug-likeness (QED) is 0.499. The molecule has 1 aromatic heterocycles. The van der Waals surface area contributed by atoms with Crippen LogP contribution in [0, 0.1) is 0 Å². The molecule has 5 heteroatoms. The Balaban J connectivity index is 1.44. The van der Waals surface area contributed by atoms with Gasteiger partial charge in [-0.15, -0.1) is 0 Å². The molecule has 1 aliphatic carbocycles. The maximum Gasteiger partial charge on any atom is 0.229 e. The molecule has 152 valence electrons. The molecule has 1 heterocycles. The number of carbonyl (C=O) groups is 1. The van der Waals surface area contributed by atoms with Crippen molar-refractivity contribution in [1.29, 1.82) is 0 Å². The molecule has 2 aromatic carbocycles. The highest BCUT2D eigenvalue weighted by molar-refractivity contribution is 5.78. The van der Waals surface area contributed by atoms with E-state index < -0.39 is 0 Å². The van der Waals surface area contributed by atoms with E-state index in [0.29, 0.717) is 18.8 Å². The second-order valence-corrected chi connectivity index (χ2v) is 7.69. The lowest BCUT2D eigenvalue weighted by Crippen LogP contribution is -2.01. The fourth-order valence-electron chi connectivity index (χ4n) is 3.62. The van der Waals surface area contributed by atoms with Crippen LogP contribution in [0.4, 0.5) is 23.1 Å². The molecule has 0 atom stereocenters. The zero-order valence-electron chi connectivity index (χ0n) is 17.4. The lowest BCUT2D eigenvalue weighted by atomic mass is 10.1. The molecule has 4 rings (SSSR count). The van der Waals surface area contributed by atoms with Gasteiger partial charge in [0.2, 0.25) is 5.95 Å². The van der Waals surface area contributed by atoms with Crippen molar-refractivity contribution in [3.05, 3.63) is 77.0 Å². The molecule has 0 fully saturated rings. The zero-order chi connectivity index (χ0) is 20.9. The third kappa shape index (κ3) is 4.92. The van der Waals surface area contributed by atoms with E-state index in [9.17, 15) is 4.79 Å². The summed E-state index contributed by atoms with van der Waals surface area (Å²) >= 11 is 0. The molecule has 3 aromatic rings. The summed E-state index contributed by atoms with van der Waals surface area (Å²) in [6.45, 7) is 4.06. The van der Waals surface area contributed by atoms with E-state index in [-0.39, 0.29) is 5.78 Å². The molecular formula is C25H26N4O. The van der Waals surface area contributed by atoms with Crippen LogP contribution < -0.4 is 10.6 Å². The number of hydrogen-bond donors (Lipinski definition) is 2. The minimum absolute atomic E-state index is 0.285. The van der Waals surface area contributed by atoms with Crippen LogP contribution in [0.25, 0.3) is 6.08 Å². The molecule has 0 amide bonds. The lowest BCUT2D eigenvalue weighted by Gasteiger charge is -2.10. The third-order valence-corrected chi connectivity index (χ3v) is 5.22. The Morgan fingerprint density at radius 3 is 2.80 bits per heavy atom. The number of fused-ring (bicyclic) bond motifs is 1. The number of aryl methyl sites for hydroxylation is 1. The number of aromatic nitrogens is 2. The fraction of sp³-hybridized carbons (Fsp3) is 0.240. The highest BCUT2D eigenvalue weighted by Crippen LogP contribution is 2.28. The van der Waals surface area contributed by atoms with E-state index in [1.54, 1.807) is 6.20 Å². The van der Waals surface area contributed by atoms with Gasteiger partial charge in [0.1, 0.15) is 11.6 Å². The van der Waals surface area contributed by atoms with Crippen LogP contribution in [0.5, 0.6) is 0 Å². The van der Waals surface area contributed by atoms with Gasteiger partial charge in [0, 0.05) is 30.4 Å². The van der Waals surface area contributed by atoms with Gasteiger partial charge in [-0.3, -0.25) is 4.79 Å². The van der Waals surface area contributed by atoms with E-state index in [1.807, 2.05) is 37.3 Å². The van der Waals surface area contributed by atoms with Gasteiger partial charge in [0.15, 0.2) is 0 Å². The number of carbonyl (C=O) groups excluding carboxylic acids is 1. The van der Waals surface area contributed by atoms with Crippen molar-refractivity contribution >= 4 is 35.0 Å². The van der Waals surface area contributed by atoms with E-state index in [0.717, 1.165) is 35.6 Å². The Kier molecular flexibility index (Phi) is 5.89.